The molecule has 0 saturated carbocycles. The van der Waals surface area contributed by atoms with Gasteiger partial charge in [-0.25, -0.2) is 14.4 Å². The minimum Gasteiger partial charge on any atom is -0.497 e. The Morgan fingerprint density at radius 2 is 1.90 bits per heavy atom. The first-order valence-electron chi connectivity index (χ1n) is 8.64. The van der Waals surface area contributed by atoms with Crippen LogP contribution in [0, 0.1) is 10.7 Å². The standard InChI is InChI=1S/C21H15FN4O3/c1-28-15-5-3-14(4-6-15)23-21-17-9-2-13(22)12-18(17)24-19(25-21)10-7-16-8-11-20(26-27)29-16/h2-12H,1H3,(H,23,24,25)/b10-7+. The smallest absolute Gasteiger partial charge is 0.260 e. The van der Waals surface area contributed by atoms with Crippen LogP contribution in [0.1, 0.15) is 11.6 Å². The van der Waals surface area contributed by atoms with E-state index in [0.29, 0.717) is 28.3 Å². The number of methoxy groups -OCH3 is 1. The number of halogens is 1. The van der Waals surface area contributed by atoms with Gasteiger partial charge in [0.05, 0.1) is 12.6 Å². The second-order valence-electron chi connectivity index (χ2n) is 6.05. The second-order valence-corrected chi connectivity index (χ2v) is 6.05. The normalized spacial score (nSPS) is 11.1. The number of anilines is 2. The molecule has 1 N–H and O–H groups in total. The van der Waals surface area contributed by atoms with Gasteiger partial charge in [0.1, 0.15) is 23.1 Å². The molecule has 144 valence electrons. The maximum absolute atomic E-state index is 13.7. The summed E-state index contributed by atoms with van der Waals surface area (Å²) >= 11 is 0. The number of hydrogen-bond acceptors (Lipinski definition) is 7. The van der Waals surface area contributed by atoms with Crippen LogP contribution in [-0.4, -0.2) is 17.1 Å². The summed E-state index contributed by atoms with van der Waals surface area (Å²) in [5.74, 6) is 1.61. The van der Waals surface area contributed by atoms with Gasteiger partial charge < -0.3 is 14.5 Å². The van der Waals surface area contributed by atoms with E-state index in [2.05, 4.69) is 20.5 Å². The number of hydrogen-bond donors (Lipinski definition) is 1. The van der Waals surface area contributed by atoms with Gasteiger partial charge in [0.15, 0.2) is 5.82 Å². The van der Waals surface area contributed by atoms with Crippen LogP contribution < -0.4 is 10.1 Å². The quantitative estimate of drug-likeness (QED) is 0.426. The van der Waals surface area contributed by atoms with Crippen molar-refractivity contribution in [2.75, 3.05) is 12.4 Å². The Morgan fingerprint density at radius 3 is 2.62 bits per heavy atom. The third-order valence-corrected chi connectivity index (χ3v) is 4.13. The molecule has 0 spiro atoms. The Hall–Kier alpha value is -4.07. The number of nitrogens with zero attached hydrogens (tertiary/aromatic N) is 3. The van der Waals surface area contributed by atoms with E-state index in [9.17, 15) is 9.30 Å². The molecule has 2 heterocycles. The van der Waals surface area contributed by atoms with E-state index >= 15 is 0 Å². The number of benzene rings is 2. The van der Waals surface area contributed by atoms with Crippen molar-refractivity contribution in [1.82, 2.24) is 9.97 Å². The summed E-state index contributed by atoms with van der Waals surface area (Å²) < 4.78 is 24.1. The van der Waals surface area contributed by atoms with Crippen molar-refractivity contribution < 1.29 is 13.5 Å². The van der Waals surface area contributed by atoms with Crippen LogP contribution in [0.2, 0.25) is 0 Å². The van der Waals surface area contributed by atoms with Crippen LogP contribution in [0.3, 0.4) is 0 Å². The summed E-state index contributed by atoms with van der Waals surface area (Å²) in [4.78, 5) is 19.4. The highest BCUT2D eigenvalue weighted by Crippen LogP contribution is 2.26. The number of rotatable bonds is 6. The van der Waals surface area contributed by atoms with Crippen LogP contribution in [0.4, 0.5) is 21.8 Å². The van der Waals surface area contributed by atoms with Crippen LogP contribution >= 0.6 is 0 Å². The molecule has 0 radical (unpaired) electrons. The summed E-state index contributed by atoms with van der Waals surface area (Å²) in [6.07, 6.45) is 3.21. The third kappa shape index (κ3) is 4.11. The van der Waals surface area contributed by atoms with Crippen LogP contribution in [0.15, 0.2) is 64.2 Å². The molecule has 0 saturated heterocycles. The van der Waals surface area contributed by atoms with E-state index in [1.807, 2.05) is 24.3 Å². The first-order chi connectivity index (χ1) is 14.1. The lowest BCUT2D eigenvalue weighted by Gasteiger charge is -2.10. The van der Waals surface area contributed by atoms with E-state index in [1.54, 1.807) is 31.4 Å². The van der Waals surface area contributed by atoms with Gasteiger partial charge in [-0.1, -0.05) is 0 Å². The number of aromatic nitrogens is 2. The van der Waals surface area contributed by atoms with E-state index < -0.39 is 5.82 Å². The number of ether oxygens (including phenoxy) is 1. The highest BCUT2D eigenvalue weighted by molar-refractivity contribution is 5.91. The van der Waals surface area contributed by atoms with Crippen LogP contribution in [0.25, 0.3) is 23.1 Å². The fourth-order valence-corrected chi connectivity index (χ4v) is 2.74. The first kappa shape index (κ1) is 18.3. The zero-order valence-corrected chi connectivity index (χ0v) is 15.3. The molecular weight excluding hydrogens is 375 g/mol. The third-order valence-electron chi connectivity index (χ3n) is 4.13. The SMILES string of the molecule is COc1ccc(Nc2nc(/C=C/c3ccc(N=O)o3)nc3cc(F)ccc23)cc1. The van der Waals surface area contributed by atoms with E-state index in [4.69, 9.17) is 9.15 Å². The highest BCUT2D eigenvalue weighted by Gasteiger charge is 2.09. The molecule has 0 unspecified atom stereocenters. The Labute approximate surface area is 164 Å². The zero-order valence-electron chi connectivity index (χ0n) is 15.3. The molecular formula is C21H15FN4O3. The molecule has 0 aliphatic carbocycles. The number of nitrogens with one attached hydrogen (secondary N) is 1. The van der Waals surface area contributed by atoms with Crippen molar-refractivity contribution in [3.8, 4) is 5.75 Å². The summed E-state index contributed by atoms with van der Waals surface area (Å²) in [6.45, 7) is 0. The molecule has 0 atom stereocenters. The summed E-state index contributed by atoms with van der Waals surface area (Å²) in [5, 5.41) is 6.63. The van der Waals surface area contributed by atoms with Gasteiger partial charge in [-0.15, -0.1) is 4.91 Å². The van der Waals surface area contributed by atoms with Crippen molar-refractivity contribution in [3.63, 3.8) is 0 Å². The van der Waals surface area contributed by atoms with Gasteiger partial charge in [-0.2, -0.15) is 0 Å². The monoisotopic (exact) mass is 390 g/mol. The zero-order chi connectivity index (χ0) is 20.2. The Kier molecular flexibility index (Phi) is 4.98. The molecule has 0 aliphatic heterocycles. The van der Waals surface area contributed by atoms with Gasteiger partial charge in [0, 0.05) is 28.4 Å². The van der Waals surface area contributed by atoms with Gasteiger partial charge in [0.25, 0.3) is 5.88 Å². The lowest BCUT2D eigenvalue weighted by atomic mass is 10.2. The molecule has 4 aromatic rings. The minimum absolute atomic E-state index is 0.0204. The molecule has 7 nitrogen and oxygen atoms in total. The number of furan rings is 1. The van der Waals surface area contributed by atoms with Crippen LogP contribution in [0.5, 0.6) is 5.75 Å². The average molecular weight is 390 g/mol. The van der Waals surface area contributed by atoms with Gasteiger partial charge in [-0.3, -0.25) is 0 Å². The van der Waals surface area contributed by atoms with Crippen molar-refractivity contribution >= 4 is 40.4 Å². The lowest BCUT2D eigenvalue weighted by molar-refractivity contribution is 0.415. The Morgan fingerprint density at radius 1 is 1.07 bits per heavy atom. The van der Waals surface area contributed by atoms with Crippen molar-refractivity contribution in [2.45, 2.75) is 0 Å². The van der Waals surface area contributed by atoms with Crippen molar-refractivity contribution in [3.05, 3.63) is 76.9 Å². The molecule has 0 aliphatic rings. The molecule has 0 bridgehead atoms. The van der Waals surface area contributed by atoms with Crippen molar-refractivity contribution in [1.29, 1.82) is 0 Å². The minimum atomic E-state index is -0.394. The fourth-order valence-electron chi connectivity index (χ4n) is 2.74. The molecule has 2 aromatic heterocycles. The maximum Gasteiger partial charge on any atom is 0.260 e. The Bertz CT molecular complexity index is 1200. The molecule has 2 aromatic carbocycles. The number of fused-ring (bicyclic) bond motifs is 1. The van der Waals surface area contributed by atoms with E-state index in [1.165, 1.54) is 18.2 Å². The van der Waals surface area contributed by atoms with Crippen molar-refractivity contribution in [2.24, 2.45) is 5.18 Å². The Balaban J connectivity index is 1.72. The van der Waals surface area contributed by atoms with E-state index in [-0.39, 0.29) is 5.88 Å². The van der Waals surface area contributed by atoms with Gasteiger partial charge in [0.2, 0.25) is 0 Å². The van der Waals surface area contributed by atoms with Gasteiger partial charge >= 0.3 is 0 Å². The summed E-state index contributed by atoms with van der Waals surface area (Å²) in [5.41, 5.74) is 1.24. The maximum atomic E-state index is 13.7. The average Bonchev–Trinajstić information content (AvgIpc) is 3.20. The predicted molar refractivity (Wildman–Crippen MR) is 109 cm³/mol. The lowest BCUT2D eigenvalue weighted by Crippen LogP contribution is -1.99. The largest absolute Gasteiger partial charge is 0.497 e. The predicted octanol–water partition coefficient (Wildman–Crippen LogP) is 5.68. The topological polar surface area (TPSA) is 89.6 Å². The molecule has 8 heteroatoms. The summed E-state index contributed by atoms with van der Waals surface area (Å²) in [6, 6.07) is 14.7. The molecule has 0 fully saturated rings. The molecule has 0 amide bonds. The number of nitroso groups, excluding NO2 is 1. The molecule has 29 heavy (non-hydrogen) atoms. The second kappa shape index (κ2) is 7.89. The van der Waals surface area contributed by atoms with Gasteiger partial charge in [-0.05, 0) is 54.6 Å². The summed E-state index contributed by atoms with van der Waals surface area (Å²) in [7, 11) is 1.60. The highest BCUT2D eigenvalue weighted by atomic mass is 19.1. The van der Waals surface area contributed by atoms with Crippen LogP contribution in [-0.2, 0) is 0 Å². The molecule has 4 rings (SSSR count). The van der Waals surface area contributed by atoms with E-state index in [0.717, 1.165) is 11.4 Å². The first-order valence-corrected chi connectivity index (χ1v) is 8.64. The fraction of sp³-hybridized carbons (Fsp3) is 0.0476.